The van der Waals surface area contributed by atoms with Crippen molar-refractivity contribution in [3.05, 3.63) is 47.3 Å². The summed E-state index contributed by atoms with van der Waals surface area (Å²) in [6, 6.07) is 4.21. The number of rotatable bonds is 6. The molecule has 31 heavy (non-hydrogen) atoms. The van der Waals surface area contributed by atoms with Crippen molar-refractivity contribution in [3.63, 3.8) is 0 Å². The molecule has 0 spiro atoms. The number of amides is 1. The van der Waals surface area contributed by atoms with Gasteiger partial charge in [0.25, 0.3) is 0 Å². The van der Waals surface area contributed by atoms with Crippen LogP contribution in [0.1, 0.15) is 18.5 Å². The number of aromatic nitrogens is 4. The molecule has 8 nitrogen and oxygen atoms in total. The predicted octanol–water partition coefficient (Wildman–Crippen LogP) is 3.58. The summed E-state index contributed by atoms with van der Waals surface area (Å²) in [6.45, 7) is 2.97. The molecule has 3 atom stereocenters. The van der Waals surface area contributed by atoms with Crippen molar-refractivity contribution >= 4 is 23.2 Å². The Labute approximate surface area is 185 Å². The number of nitrogens with zero attached hydrogens (tertiary/aromatic N) is 6. The molecule has 0 bridgehead atoms. The number of aryl methyl sites for hydroxylation is 1. The summed E-state index contributed by atoms with van der Waals surface area (Å²) in [5, 5.41) is 15.8. The molecule has 3 aromatic heterocycles. The average molecular weight is 439 g/mol. The molecule has 0 radical (unpaired) electrons. The van der Waals surface area contributed by atoms with E-state index in [0.29, 0.717) is 30.8 Å². The molecular formula is C22H26N6O2S. The predicted molar refractivity (Wildman–Crippen MR) is 119 cm³/mol. The second-order valence-electron chi connectivity index (χ2n) is 8.71. The Morgan fingerprint density at radius 2 is 2.00 bits per heavy atom. The maximum atomic E-state index is 11.7. The molecule has 5 rings (SSSR count). The normalized spacial score (nSPS) is 22.6. The van der Waals surface area contributed by atoms with E-state index in [2.05, 4.69) is 27.1 Å². The molecule has 162 valence electrons. The highest BCUT2D eigenvalue weighted by atomic mass is 32.1. The Kier molecular flexibility index (Phi) is 5.35. The smallest absolute Gasteiger partial charge is 0.407 e. The summed E-state index contributed by atoms with van der Waals surface area (Å²) in [6.07, 6.45) is 7.07. The molecule has 1 amide bonds. The third kappa shape index (κ3) is 4.27. The summed E-state index contributed by atoms with van der Waals surface area (Å²) in [5.74, 6) is 2.67. The average Bonchev–Trinajstić information content (AvgIpc) is 3.52. The number of hydrogen-bond acceptors (Lipinski definition) is 6. The molecule has 3 aromatic rings. The topological polar surface area (TPSA) is 87.4 Å². The van der Waals surface area contributed by atoms with Crippen molar-refractivity contribution < 1.29 is 9.90 Å². The summed E-state index contributed by atoms with van der Waals surface area (Å²) >= 11 is 1.50. The monoisotopic (exact) mass is 438 g/mol. The van der Waals surface area contributed by atoms with E-state index in [0.717, 1.165) is 48.6 Å². The lowest BCUT2D eigenvalue weighted by atomic mass is 10.0. The maximum Gasteiger partial charge on any atom is 0.407 e. The highest BCUT2D eigenvalue weighted by molar-refractivity contribution is 7.07. The largest absolute Gasteiger partial charge is 0.465 e. The van der Waals surface area contributed by atoms with E-state index in [9.17, 15) is 9.90 Å². The van der Waals surface area contributed by atoms with Crippen LogP contribution >= 0.6 is 11.3 Å². The van der Waals surface area contributed by atoms with E-state index in [1.54, 1.807) is 10.2 Å². The summed E-state index contributed by atoms with van der Waals surface area (Å²) in [7, 11) is 1.91. The van der Waals surface area contributed by atoms with E-state index >= 15 is 0 Å². The Bertz CT molecular complexity index is 1020. The van der Waals surface area contributed by atoms with Gasteiger partial charge in [-0.1, -0.05) is 0 Å². The first-order valence-electron chi connectivity index (χ1n) is 10.6. The Morgan fingerprint density at radius 1 is 1.19 bits per heavy atom. The lowest BCUT2D eigenvalue weighted by Gasteiger charge is -2.24. The van der Waals surface area contributed by atoms with Gasteiger partial charge in [0, 0.05) is 55.6 Å². The number of carbonyl (C=O) groups is 1. The van der Waals surface area contributed by atoms with E-state index in [1.807, 2.05) is 31.0 Å². The number of hydrogen-bond donors (Lipinski definition) is 1. The van der Waals surface area contributed by atoms with Crippen LogP contribution in [-0.2, 0) is 13.6 Å². The van der Waals surface area contributed by atoms with E-state index in [1.165, 1.54) is 16.2 Å². The van der Waals surface area contributed by atoms with Crippen LogP contribution < -0.4 is 4.90 Å². The van der Waals surface area contributed by atoms with Gasteiger partial charge < -0.3 is 14.9 Å². The molecule has 0 aromatic carbocycles. The molecule has 1 aliphatic heterocycles. The zero-order valence-electron chi connectivity index (χ0n) is 17.5. The zero-order valence-corrected chi connectivity index (χ0v) is 18.3. The molecular weight excluding hydrogens is 412 g/mol. The van der Waals surface area contributed by atoms with E-state index < -0.39 is 6.09 Å². The maximum absolute atomic E-state index is 11.7. The summed E-state index contributed by atoms with van der Waals surface area (Å²) in [5.41, 5.74) is 4.73. The van der Waals surface area contributed by atoms with Gasteiger partial charge in [-0.2, -0.15) is 5.10 Å². The SMILES string of the molecule is Cn1cc(-c2ccc(N3C[C@H]4C[C@@H](CN(Cc5cscn5)C(=O)O)C[C@H]4C3)nc2)cn1. The van der Waals surface area contributed by atoms with Crippen LogP contribution in [-0.4, -0.2) is 55.5 Å². The van der Waals surface area contributed by atoms with Crippen molar-refractivity contribution in [2.45, 2.75) is 19.4 Å². The first-order valence-corrected chi connectivity index (χ1v) is 11.5. The highest BCUT2D eigenvalue weighted by Gasteiger charge is 2.42. The number of anilines is 1. The second kappa shape index (κ2) is 8.30. The van der Waals surface area contributed by atoms with Crippen molar-refractivity contribution in [1.29, 1.82) is 0 Å². The van der Waals surface area contributed by atoms with Crippen molar-refractivity contribution in [3.8, 4) is 11.1 Å². The minimum Gasteiger partial charge on any atom is -0.465 e. The van der Waals surface area contributed by atoms with Crippen LogP contribution in [0.2, 0.25) is 0 Å². The lowest BCUT2D eigenvalue weighted by molar-refractivity contribution is 0.132. The molecule has 4 heterocycles. The molecule has 1 saturated carbocycles. The fourth-order valence-electron chi connectivity index (χ4n) is 5.11. The third-order valence-corrected chi connectivity index (χ3v) is 7.18. The molecule has 2 fully saturated rings. The highest BCUT2D eigenvalue weighted by Crippen LogP contribution is 2.43. The zero-order chi connectivity index (χ0) is 21.4. The molecule has 1 saturated heterocycles. The van der Waals surface area contributed by atoms with Gasteiger partial charge in [-0.15, -0.1) is 11.3 Å². The fourth-order valence-corrected chi connectivity index (χ4v) is 5.66. The van der Waals surface area contributed by atoms with Crippen LogP contribution in [0.15, 0.2) is 41.6 Å². The quantitative estimate of drug-likeness (QED) is 0.633. The Balaban J connectivity index is 1.17. The van der Waals surface area contributed by atoms with Crippen LogP contribution in [0, 0.1) is 17.8 Å². The molecule has 2 aliphatic rings. The van der Waals surface area contributed by atoms with Gasteiger partial charge in [0.1, 0.15) is 5.82 Å². The number of fused-ring (bicyclic) bond motifs is 1. The van der Waals surface area contributed by atoms with Gasteiger partial charge in [0.05, 0.1) is 23.9 Å². The molecule has 1 N–H and O–H groups in total. The van der Waals surface area contributed by atoms with Gasteiger partial charge >= 0.3 is 6.09 Å². The van der Waals surface area contributed by atoms with Gasteiger partial charge in [-0.3, -0.25) is 4.68 Å². The second-order valence-corrected chi connectivity index (χ2v) is 9.43. The minimum atomic E-state index is -0.857. The van der Waals surface area contributed by atoms with Gasteiger partial charge in [-0.05, 0) is 42.7 Å². The molecule has 9 heteroatoms. The van der Waals surface area contributed by atoms with Crippen LogP contribution in [0.4, 0.5) is 10.6 Å². The number of carboxylic acid groups (broad SMARTS) is 1. The number of pyridine rings is 1. The van der Waals surface area contributed by atoms with Gasteiger partial charge in [-0.25, -0.2) is 14.8 Å². The fraction of sp³-hybridized carbons (Fsp3) is 0.455. The lowest BCUT2D eigenvalue weighted by Crippen LogP contribution is -2.34. The standard InChI is InChI=1S/C22H26N6O2S/c1-26-9-19(7-25-26)16-2-3-21(23-6-16)27-10-17-4-15(5-18(17)11-27)8-28(22(29)30)12-20-13-31-14-24-20/h2-3,6-7,9,13-15,17-18H,4-5,8,10-12H2,1H3,(H,29,30)/t15-,17-,18+. The van der Waals surface area contributed by atoms with Crippen molar-refractivity contribution in [2.75, 3.05) is 24.5 Å². The molecule has 0 unspecified atom stereocenters. The first kappa shape index (κ1) is 20.0. The van der Waals surface area contributed by atoms with Gasteiger partial charge in [0.2, 0.25) is 0 Å². The van der Waals surface area contributed by atoms with Crippen molar-refractivity contribution in [1.82, 2.24) is 24.6 Å². The van der Waals surface area contributed by atoms with Crippen LogP contribution in [0.5, 0.6) is 0 Å². The van der Waals surface area contributed by atoms with Crippen LogP contribution in [0.25, 0.3) is 11.1 Å². The summed E-state index contributed by atoms with van der Waals surface area (Å²) < 4.78 is 1.80. The molecule has 1 aliphatic carbocycles. The third-order valence-electron chi connectivity index (χ3n) is 6.54. The first-order chi connectivity index (χ1) is 15.0. The number of thiazole rings is 1. The van der Waals surface area contributed by atoms with E-state index in [4.69, 9.17) is 4.98 Å². The van der Waals surface area contributed by atoms with Crippen molar-refractivity contribution in [2.24, 2.45) is 24.8 Å². The van der Waals surface area contributed by atoms with E-state index in [-0.39, 0.29) is 0 Å². The summed E-state index contributed by atoms with van der Waals surface area (Å²) in [4.78, 5) is 24.5. The van der Waals surface area contributed by atoms with Gasteiger partial charge in [0.15, 0.2) is 0 Å². The van der Waals surface area contributed by atoms with Crippen LogP contribution in [0.3, 0.4) is 0 Å². The minimum absolute atomic E-state index is 0.379. The Hall–Kier alpha value is -2.94. The Morgan fingerprint density at radius 3 is 2.58 bits per heavy atom.